The first-order valence-electron chi connectivity index (χ1n) is 11.3. The molecule has 32 heavy (non-hydrogen) atoms. The Bertz CT molecular complexity index is 949. The second-order valence-electron chi connectivity index (χ2n) is 8.51. The summed E-state index contributed by atoms with van der Waals surface area (Å²) in [6.45, 7) is 1.82. The third-order valence-electron chi connectivity index (χ3n) is 6.54. The predicted octanol–water partition coefficient (Wildman–Crippen LogP) is 3.24. The molecule has 1 aromatic heterocycles. The van der Waals surface area contributed by atoms with E-state index in [1.54, 1.807) is 20.4 Å². The summed E-state index contributed by atoms with van der Waals surface area (Å²) in [6, 6.07) is 9.81. The van der Waals surface area contributed by atoms with Gasteiger partial charge in [-0.3, -0.25) is 14.6 Å². The van der Waals surface area contributed by atoms with E-state index in [9.17, 15) is 9.59 Å². The van der Waals surface area contributed by atoms with Crippen molar-refractivity contribution < 1.29 is 19.1 Å². The fourth-order valence-corrected chi connectivity index (χ4v) is 4.80. The molecule has 7 heteroatoms. The molecule has 0 saturated carbocycles. The molecular weight excluding hydrogens is 406 g/mol. The average Bonchev–Trinajstić information content (AvgIpc) is 3.23. The van der Waals surface area contributed by atoms with Crippen LogP contribution in [0.5, 0.6) is 11.5 Å². The van der Waals surface area contributed by atoms with Crippen LogP contribution in [0.3, 0.4) is 0 Å². The van der Waals surface area contributed by atoms with Crippen LogP contribution in [0.1, 0.15) is 42.9 Å². The molecule has 0 N–H and O–H groups in total. The molecule has 2 aliphatic rings. The lowest BCUT2D eigenvalue weighted by molar-refractivity contribution is -0.139. The molecule has 0 radical (unpaired) electrons. The summed E-state index contributed by atoms with van der Waals surface area (Å²) in [7, 11) is 3.22. The summed E-state index contributed by atoms with van der Waals surface area (Å²) >= 11 is 0. The smallest absolute Gasteiger partial charge is 0.228 e. The summed E-state index contributed by atoms with van der Waals surface area (Å²) in [5, 5.41) is 0. The average molecular weight is 438 g/mol. The van der Waals surface area contributed by atoms with Gasteiger partial charge in [0.05, 0.1) is 26.2 Å². The molecule has 0 unspecified atom stereocenters. The molecule has 0 aliphatic carbocycles. The lowest BCUT2D eigenvalue weighted by Crippen LogP contribution is -2.42. The number of carbonyl (C=O) groups is 2. The molecule has 4 rings (SSSR count). The number of piperidine rings is 1. The largest absolute Gasteiger partial charge is 0.493 e. The quantitative estimate of drug-likeness (QED) is 0.665. The van der Waals surface area contributed by atoms with E-state index >= 15 is 0 Å². The Morgan fingerprint density at radius 3 is 2.75 bits per heavy atom. The van der Waals surface area contributed by atoms with Crippen molar-refractivity contribution in [3.63, 3.8) is 0 Å². The van der Waals surface area contributed by atoms with E-state index in [0.717, 1.165) is 36.9 Å². The first-order valence-corrected chi connectivity index (χ1v) is 11.3. The number of ether oxygens (including phenoxy) is 2. The molecule has 2 atom stereocenters. The van der Waals surface area contributed by atoms with Gasteiger partial charge >= 0.3 is 0 Å². The fourth-order valence-electron chi connectivity index (χ4n) is 4.80. The molecule has 1 aromatic carbocycles. The number of rotatable bonds is 7. The SMILES string of the molecule is COc1ccc(CCN2C[C@H](C(=O)N3CCCC[C@H]3c3cccnc3)CC2=O)cc1OC. The van der Waals surface area contributed by atoms with Crippen LogP contribution in [-0.2, 0) is 16.0 Å². The minimum absolute atomic E-state index is 0.0544. The number of hydrogen-bond acceptors (Lipinski definition) is 5. The molecule has 3 heterocycles. The normalized spacial score (nSPS) is 21.0. The van der Waals surface area contributed by atoms with Crippen LogP contribution in [0.25, 0.3) is 0 Å². The van der Waals surface area contributed by atoms with Crippen LogP contribution >= 0.6 is 0 Å². The van der Waals surface area contributed by atoms with Gasteiger partial charge in [-0.05, 0) is 55.0 Å². The minimum Gasteiger partial charge on any atom is -0.493 e. The number of nitrogens with zero attached hydrogens (tertiary/aromatic N) is 3. The summed E-state index contributed by atoms with van der Waals surface area (Å²) in [6.07, 6.45) is 7.66. The highest BCUT2D eigenvalue weighted by atomic mass is 16.5. The molecule has 2 amide bonds. The highest BCUT2D eigenvalue weighted by molar-refractivity contribution is 5.89. The van der Waals surface area contributed by atoms with Gasteiger partial charge in [0.2, 0.25) is 11.8 Å². The Morgan fingerprint density at radius 1 is 1.16 bits per heavy atom. The molecule has 2 aromatic rings. The van der Waals surface area contributed by atoms with Gasteiger partial charge in [0, 0.05) is 38.4 Å². The first-order chi connectivity index (χ1) is 15.6. The van der Waals surface area contributed by atoms with Gasteiger partial charge in [0.25, 0.3) is 0 Å². The lowest BCUT2D eigenvalue weighted by atomic mass is 9.94. The highest BCUT2D eigenvalue weighted by Gasteiger charge is 2.39. The van der Waals surface area contributed by atoms with E-state index < -0.39 is 0 Å². The van der Waals surface area contributed by atoms with Gasteiger partial charge in [-0.1, -0.05) is 12.1 Å². The van der Waals surface area contributed by atoms with Crippen molar-refractivity contribution in [2.24, 2.45) is 5.92 Å². The fraction of sp³-hybridized carbons (Fsp3) is 0.480. The Kier molecular flexibility index (Phi) is 6.93. The molecule has 0 bridgehead atoms. The minimum atomic E-state index is -0.273. The van der Waals surface area contributed by atoms with Crippen molar-refractivity contribution >= 4 is 11.8 Å². The number of amides is 2. The standard InChI is InChI=1S/C25H31N3O4/c1-31-22-9-8-18(14-23(22)32-2)10-13-27-17-20(15-24(27)29)25(30)28-12-4-3-7-21(28)19-6-5-11-26-16-19/h5-6,8-9,11,14,16,20-21H,3-4,7,10,12-13,15,17H2,1-2H3/t20-,21+/m1/s1. The van der Waals surface area contributed by atoms with Crippen molar-refractivity contribution in [3.8, 4) is 11.5 Å². The Balaban J connectivity index is 1.39. The van der Waals surface area contributed by atoms with E-state index in [2.05, 4.69) is 4.98 Å². The number of aromatic nitrogens is 1. The van der Waals surface area contributed by atoms with Crippen molar-refractivity contribution in [1.29, 1.82) is 0 Å². The summed E-state index contributed by atoms with van der Waals surface area (Å²) in [5.41, 5.74) is 2.15. The molecule has 170 valence electrons. The van der Waals surface area contributed by atoms with Gasteiger partial charge in [0.15, 0.2) is 11.5 Å². The maximum absolute atomic E-state index is 13.4. The second kappa shape index (κ2) is 10.0. The van der Waals surface area contributed by atoms with Crippen LogP contribution in [-0.4, -0.2) is 60.5 Å². The van der Waals surface area contributed by atoms with E-state index in [0.29, 0.717) is 37.4 Å². The molecule has 2 fully saturated rings. The lowest BCUT2D eigenvalue weighted by Gasteiger charge is -2.37. The number of hydrogen-bond donors (Lipinski definition) is 0. The van der Waals surface area contributed by atoms with Gasteiger partial charge in [-0.25, -0.2) is 0 Å². The van der Waals surface area contributed by atoms with Gasteiger partial charge in [0.1, 0.15) is 0 Å². The van der Waals surface area contributed by atoms with Crippen molar-refractivity contribution in [2.45, 2.75) is 38.1 Å². The Labute approximate surface area is 189 Å². The van der Waals surface area contributed by atoms with Crippen LogP contribution < -0.4 is 9.47 Å². The first kappa shape index (κ1) is 22.1. The number of pyridine rings is 1. The zero-order valence-corrected chi connectivity index (χ0v) is 18.8. The van der Waals surface area contributed by atoms with Crippen LogP contribution in [0.15, 0.2) is 42.7 Å². The van der Waals surface area contributed by atoms with Crippen molar-refractivity contribution in [1.82, 2.24) is 14.8 Å². The zero-order valence-electron chi connectivity index (χ0n) is 18.8. The van der Waals surface area contributed by atoms with Crippen LogP contribution in [0, 0.1) is 5.92 Å². The van der Waals surface area contributed by atoms with E-state index in [-0.39, 0.29) is 23.8 Å². The van der Waals surface area contributed by atoms with Gasteiger partial charge < -0.3 is 19.3 Å². The van der Waals surface area contributed by atoms with Gasteiger partial charge in [-0.2, -0.15) is 0 Å². The highest BCUT2D eigenvalue weighted by Crippen LogP contribution is 2.33. The monoisotopic (exact) mass is 437 g/mol. The third-order valence-corrected chi connectivity index (χ3v) is 6.54. The maximum Gasteiger partial charge on any atom is 0.228 e. The number of likely N-dealkylation sites (tertiary alicyclic amines) is 2. The van der Waals surface area contributed by atoms with Crippen molar-refractivity contribution in [2.75, 3.05) is 33.9 Å². The van der Waals surface area contributed by atoms with Crippen LogP contribution in [0.2, 0.25) is 0 Å². The van der Waals surface area contributed by atoms with E-state index in [1.165, 1.54) is 0 Å². The number of carbonyl (C=O) groups excluding carboxylic acids is 2. The number of methoxy groups -OCH3 is 2. The Hall–Kier alpha value is -3.09. The Morgan fingerprint density at radius 2 is 2.00 bits per heavy atom. The van der Waals surface area contributed by atoms with Gasteiger partial charge in [-0.15, -0.1) is 0 Å². The number of benzene rings is 1. The zero-order chi connectivity index (χ0) is 22.5. The third kappa shape index (κ3) is 4.71. The maximum atomic E-state index is 13.4. The summed E-state index contributed by atoms with van der Waals surface area (Å²) < 4.78 is 10.7. The topological polar surface area (TPSA) is 72.0 Å². The summed E-state index contributed by atoms with van der Waals surface area (Å²) in [5.74, 6) is 1.24. The second-order valence-corrected chi connectivity index (χ2v) is 8.51. The van der Waals surface area contributed by atoms with Crippen LogP contribution in [0.4, 0.5) is 0 Å². The van der Waals surface area contributed by atoms with E-state index in [1.807, 2.05) is 46.3 Å². The predicted molar refractivity (Wildman–Crippen MR) is 120 cm³/mol. The van der Waals surface area contributed by atoms with E-state index in [4.69, 9.17) is 9.47 Å². The molecule has 7 nitrogen and oxygen atoms in total. The molecule has 2 saturated heterocycles. The molecular formula is C25H31N3O4. The molecule has 0 spiro atoms. The van der Waals surface area contributed by atoms with Crippen molar-refractivity contribution in [3.05, 3.63) is 53.9 Å². The summed E-state index contributed by atoms with van der Waals surface area (Å²) in [4.78, 5) is 34.1. The molecule has 2 aliphatic heterocycles.